The summed E-state index contributed by atoms with van der Waals surface area (Å²) in [6.45, 7) is 7.77. The van der Waals surface area contributed by atoms with Crippen LogP contribution < -0.4 is 0 Å². The van der Waals surface area contributed by atoms with Gasteiger partial charge >= 0.3 is 0 Å². The molecule has 0 spiro atoms. The van der Waals surface area contributed by atoms with E-state index in [0.717, 1.165) is 11.1 Å². The molecule has 0 unspecified atom stereocenters. The zero-order valence-corrected chi connectivity index (χ0v) is 13.7. The van der Waals surface area contributed by atoms with Gasteiger partial charge in [-0.3, -0.25) is 0 Å². The second kappa shape index (κ2) is 7.43. The third-order valence-electron chi connectivity index (χ3n) is 4.04. The van der Waals surface area contributed by atoms with Gasteiger partial charge < -0.3 is 0 Å². The molecule has 0 N–H and O–H groups in total. The van der Waals surface area contributed by atoms with E-state index in [4.69, 9.17) is 0 Å². The monoisotopic (exact) mass is 308 g/mol. The Morgan fingerprint density at radius 3 is 1.88 bits per heavy atom. The molecule has 0 aliphatic rings. The Morgan fingerprint density at radius 1 is 0.667 bits per heavy atom. The molecule has 0 aliphatic heterocycles. The molecular weight excluding hydrogens is 288 g/mol. The molecule has 0 fully saturated rings. The average molecular weight is 308 g/mol. The fraction of sp³-hybridized carbons (Fsp3) is 0. The maximum absolute atomic E-state index is 3.96. The Morgan fingerprint density at radius 2 is 1.29 bits per heavy atom. The molecule has 0 bridgehead atoms. The average Bonchev–Trinajstić information content (AvgIpc) is 2.67. The van der Waals surface area contributed by atoms with Gasteiger partial charge in [0.25, 0.3) is 0 Å². The zero-order chi connectivity index (χ0) is 16.8. The van der Waals surface area contributed by atoms with Gasteiger partial charge in [0.05, 0.1) is 0 Å². The molecular formula is C24H20. The number of benzene rings is 3. The number of hydrogen-bond acceptors (Lipinski definition) is 0. The maximum Gasteiger partial charge on any atom is -0.00992 e. The van der Waals surface area contributed by atoms with E-state index in [-0.39, 0.29) is 0 Å². The van der Waals surface area contributed by atoms with Crippen LogP contribution in [0.5, 0.6) is 0 Å². The molecule has 0 amide bonds. The van der Waals surface area contributed by atoms with E-state index >= 15 is 0 Å². The highest BCUT2D eigenvalue weighted by molar-refractivity contribution is 5.88. The third kappa shape index (κ3) is 3.28. The van der Waals surface area contributed by atoms with Gasteiger partial charge in [-0.2, -0.15) is 0 Å². The van der Waals surface area contributed by atoms with Gasteiger partial charge in [-0.05, 0) is 39.5 Å². The van der Waals surface area contributed by atoms with Crippen LogP contribution in [0.1, 0.15) is 5.56 Å². The first-order valence-corrected chi connectivity index (χ1v) is 8.04. The minimum absolute atomic E-state index is 1.07. The van der Waals surface area contributed by atoms with Crippen LogP contribution in [0.25, 0.3) is 27.8 Å². The van der Waals surface area contributed by atoms with Crippen LogP contribution in [0.15, 0.2) is 110 Å². The van der Waals surface area contributed by atoms with Crippen LogP contribution in [0.4, 0.5) is 0 Å². The van der Waals surface area contributed by atoms with Crippen LogP contribution in [-0.4, -0.2) is 0 Å². The molecule has 0 aromatic heterocycles. The minimum atomic E-state index is 1.07. The van der Waals surface area contributed by atoms with Gasteiger partial charge in [-0.25, -0.2) is 0 Å². The molecule has 0 saturated heterocycles. The van der Waals surface area contributed by atoms with Gasteiger partial charge in [-0.1, -0.05) is 104 Å². The number of rotatable bonds is 5. The maximum atomic E-state index is 3.96. The summed E-state index contributed by atoms with van der Waals surface area (Å²) in [5.41, 5.74) is 7.06. The Labute approximate surface area is 144 Å². The van der Waals surface area contributed by atoms with E-state index in [1.165, 1.54) is 22.3 Å². The van der Waals surface area contributed by atoms with Crippen molar-refractivity contribution >= 4 is 5.57 Å². The lowest BCUT2D eigenvalue weighted by molar-refractivity contribution is 1.55. The summed E-state index contributed by atoms with van der Waals surface area (Å²) >= 11 is 0. The van der Waals surface area contributed by atoms with E-state index < -0.39 is 0 Å². The van der Waals surface area contributed by atoms with E-state index in [9.17, 15) is 0 Å². The second-order valence-corrected chi connectivity index (χ2v) is 5.55. The van der Waals surface area contributed by atoms with Gasteiger partial charge in [0.1, 0.15) is 0 Å². The highest BCUT2D eigenvalue weighted by atomic mass is 14.1. The van der Waals surface area contributed by atoms with Crippen molar-refractivity contribution in [2.75, 3.05) is 0 Å². The Bertz CT molecular complexity index is 868. The van der Waals surface area contributed by atoms with Crippen LogP contribution in [0.2, 0.25) is 0 Å². The van der Waals surface area contributed by atoms with Crippen LogP contribution in [-0.2, 0) is 0 Å². The van der Waals surface area contributed by atoms with Crippen molar-refractivity contribution in [2.45, 2.75) is 0 Å². The van der Waals surface area contributed by atoms with E-state index in [1.807, 2.05) is 24.3 Å². The normalized spacial score (nSPS) is 11.1. The molecule has 3 rings (SSSR count). The molecule has 0 nitrogen and oxygen atoms in total. The highest BCUT2D eigenvalue weighted by Crippen LogP contribution is 2.33. The third-order valence-corrected chi connectivity index (χ3v) is 4.04. The lowest BCUT2D eigenvalue weighted by atomic mass is 9.91. The standard InChI is InChI=1S/C24H20/c1-3-11-19(4-2)23-17-16-22(20-12-7-5-8-13-20)18-24(23)21-14-9-6-10-15-21/h3-18H,1-2H2/b19-11+. The van der Waals surface area contributed by atoms with Gasteiger partial charge in [0.2, 0.25) is 0 Å². The summed E-state index contributed by atoms with van der Waals surface area (Å²) < 4.78 is 0. The number of hydrogen-bond donors (Lipinski definition) is 0. The van der Waals surface area contributed by atoms with Gasteiger partial charge in [-0.15, -0.1) is 0 Å². The van der Waals surface area contributed by atoms with Crippen LogP contribution in [0.3, 0.4) is 0 Å². The smallest absolute Gasteiger partial charge is 0.00992 e. The van der Waals surface area contributed by atoms with Crippen molar-refractivity contribution < 1.29 is 0 Å². The molecule has 0 heteroatoms. The molecule has 3 aromatic rings. The summed E-state index contributed by atoms with van der Waals surface area (Å²) in [7, 11) is 0. The summed E-state index contributed by atoms with van der Waals surface area (Å²) in [6, 6.07) is 27.5. The summed E-state index contributed by atoms with van der Waals surface area (Å²) in [5.74, 6) is 0. The Hall–Kier alpha value is -3.12. The van der Waals surface area contributed by atoms with E-state index in [2.05, 4.69) is 79.9 Å². The molecule has 3 aromatic carbocycles. The first kappa shape index (κ1) is 15.8. The van der Waals surface area contributed by atoms with Crippen molar-refractivity contribution in [1.82, 2.24) is 0 Å². The quantitative estimate of drug-likeness (QED) is 0.456. The first-order chi connectivity index (χ1) is 11.8. The van der Waals surface area contributed by atoms with E-state index in [1.54, 1.807) is 6.08 Å². The van der Waals surface area contributed by atoms with Crippen LogP contribution >= 0.6 is 0 Å². The molecule has 24 heavy (non-hydrogen) atoms. The fourth-order valence-corrected chi connectivity index (χ4v) is 2.86. The van der Waals surface area contributed by atoms with E-state index in [0.29, 0.717) is 0 Å². The Balaban J connectivity index is 2.22. The predicted octanol–water partition coefficient (Wildman–Crippen LogP) is 6.78. The Kier molecular flexibility index (Phi) is 4.88. The van der Waals surface area contributed by atoms with Crippen molar-refractivity contribution in [3.05, 3.63) is 116 Å². The molecule has 0 saturated carbocycles. The topological polar surface area (TPSA) is 0 Å². The largest absolute Gasteiger partial charge is 0.0990 e. The van der Waals surface area contributed by atoms with Crippen molar-refractivity contribution in [1.29, 1.82) is 0 Å². The molecule has 0 radical (unpaired) electrons. The van der Waals surface area contributed by atoms with Crippen molar-refractivity contribution in [3.63, 3.8) is 0 Å². The van der Waals surface area contributed by atoms with Gasteiger partial charge in [0, 0.05) is 0 Å². The van der Waals surface area contributed by atoms with Crippen molar-refractivity contribution in [3.8, 4) is 22.3 Å². The second-order valence-electron chi connectivity index (χ2n) is 5.55. The lowest BCUT2D eigenvalue weighted by Crippen LogP contribution is -1.90. The summed E-state index contributed by atoms with van der Waals surface area (Å²) in [5, 5.41) is 0. The SMILES string of the molecule is C=C/C=C(\C=C)c1ccc(-c2ccccc2)cc1-c1ccccc1. The van der Waals surface area contributed by atoms with Gasteiger partial charge in [0.15, 0.2) is 0 Å². The highest BCUT2D eigenvalue weighted by Gasteiger charge is 2.09. The summed E-state index contributed by atoms with van der Waals surface area (Å²) in [6.07, 6.45) is 5.68. The molecule has 0 aliphatic carbocycles. The minimum Gasteiger partial charge on any atom is -0.0990 e. The lowest BCUT2D eigenvalue weighted by Gasteiger charge is -2.13. The van der Waals surface area contributed by atoms with Crippen molar-refractivity contribution in [2.24, 2.45) is 0 Å². The molecule has 0 atom stereocenters. The zero-order valence-electron chi connectivity index (χ0n) is 13.7. The number of allylic oxidation sites excluding steroid dienone is 4. The predicted molar refractivity (Wildman–Crippen MR) is 106 cm³/mol. The molecule has 116 valence electrons. The van der Waals surface area contributed by atoms with Crippen LogP contribution in [0, 0.1) is 0 Å². The fourth-order valence-electron chi connectivity index (χ4n) is 2.86. The summed E-state index contributed by atoms with van der Waals surface area (Å²) in [4.78, 5) is 0. The first-order valence-electron chi connectivity index (χ1n) is 8.04. The molecule has 0 heterocycles.